The minimum Gasteiger partial charge on any atom is -0.347 e. The highest BCUT2D eigenvalue weighted by Crippen LogP contribution is 2.30. The molecule has 1 nitrogen and oxygen atoms in total. The van der Waals surface area contributed by atoms with E-state index in [-0.39, 0.29) is 0 Å². The molecule has 1 aliphatic rings. The second-order valence-corrected chi connectivity index (χ2v) is 4.21. The molecule has 0 atom stereocenters. The van der Waals surface area contributed by atoms with Crippen molar-refractivity contribution in [2.24, 2.45) is 0 Å². The molecule has 0 unspecified atom stereocenters. The summed E-state index contributed by atoms with van der Waals surface area (Å²) in [5.74, 6) is 0. The van der Waals surface area contributed by atoms with E-state index in [0.717, 1.165) is 6.42 Å². The molecule has 0 amide bonds. The van der Waals surface area contributed by atoms with Crippen LogP contribution in [-0.4, -0.2) is 7.05 Å². The summed E-state index contributed by atoms with van der Waals surface area (Å²) >= 11 is 0. The Morgan fingerprint density at radius 2 is 1.94 bits per heavy atom. The Morgan fingerprint density at radius 3 is 2.65 bits per heavy atom. The first-order valence-corrected chi connectivity index (χ1v) is 6.14. The maximum Gasteiger partial charge on any atom is 0.0479 e. The Hall–Kier alpha value is -1.76. The predicted molar refractivity (Wildman–Crippen MR) is 76.0 cm³/mol. The summed E-state index contributed by atoms with van der Waals surface area (Å²) in [6.07, 6.45) is 9.72. The summed E-state index contributed by atoms with van der Waals surface area (Å²) in [7, 11) is 2.15. The van der Waals surface area contributed by atoms with Crippen molar-refractivity contribution < 1.29 is 0 Å². The molecular weight excluding hydrogens is 206 g/mol. The van der Waals surface area contributed by atoms with Crippen LogP contribution in [0.1, 0.15) is 25.8 Å². The van der Waals surface area contributed by atoms with E-state index in [9.17, 15) is 0 Å². The molecule has 0 radical (unpaired) electrons. The highest BCUT2D eigenvalue weighted by molar-refractivity contribution is 5.74. The summed E-state index contributed by atoms with van der Waals surface area (Å²) in [6.45, 7) is 4.27. The molecule has 1 aliphatic heterocycles. The lowest BCUT2D eigenvalue weighted by Crippen LogP contribution is -2.17. The third-order valence-corrected chi connectivity index (χ3v) is 3.16. The first-order valence-electron chi connectivity index (χ1n) is 6.14. The number of anilines is 1. The summed E-state index contributed by atoms with van der Waals surface area (Å²) in [6, 6.07) is 8.52. The highest BCUT2D eigenvalue weighted by atomic mass is 15.1. The number of rotatable bonds is 2. The van der Waals surface area contributed by atoms with Crippen molar-refractivity contribution >= 4 is 11.8 Å². The third kappa shape index (κ3) is 2.19. The molecule has 0 aliphatic carbocycles. The maximum atomic E-state index is 2.30. The van der Waals surface area contributed by atoms with Gasteiger partial charge in [-0.05, 0) is 30.5 Å². The van der Waals surface area contributed by atoms with Crippen molar-refractivity contribution in [3.05, 3.63) is 59.3 Å². The zero-order chi connectivity index (χ0) is 12.3. The lowest BCUT2D eigenvalue weighted by Gasteiger charge is -2.23. The van der Waals surface area contributed by atoms with Gasteiger partial charge in [0.25, 0.3) is 0 Å². The SMILES string of the molecule is C/C=C\C1=C(CC)N(C)c2ccccc2C=C1. The Kier molecular flexibility index (Phi) is 3.48. The number of fused-ring (bicyclic) bond motifs is 1. The van der Waals surface area contributed by atoms with Crippen LogP contribution in [0.2, 0.25) is 0 Å². The second-order valence-electron chi connectivity index (χ2n) is 4.21. The summed E-state index contributed by atoms with van der Waals surface area (Å²) in [4.78, 5) is 2.30. The zero-order valence-electron chi connectivity index (χ0n) is 10.8. The molecule has 1 aromatic carbocycles. The molecule has 0 saturated heterocycles. The van der Waals surface area contributed by atoms with Crippen LogP contribution in [0.25, 0.3) is 6.08 Å². The molecule has 88 valence electrons. The topological polar surface area (TPSA) is 3.24 Å². The lowest BCUT2D eigenvalue weighted by atomic mass is 10.1. The second kappa shape index (κ2) is 5.05. The fourth-order valence-electron chi connectivity index (χ4n) is 2.32. The van der Waals surface area contributed by atoms with Crippen LogP contribution in [0.4, 0.5) is 5.69 Å². The summed E-state index contributed by atoms with van der Waals surface area (Å²) in [5, 5.41) is 0. The number of hydrogen-bond donors (Lipinski definition) is 0. The molecule has 0 bridgehead atoms. The summed E-state index contributed by atoms with van der Waals surface area (Å²) < 4.78 is 0. The van der Waals surface area contributed by atoms with Crippen molar-refractivity contribution in [3.8, 4) is 0 Å². The van der Waals surface area contributed by atoms with Crippen LogP contribution in [-0.2, 0) is 0 Å². The van der Waals surface area contributed by atoms with Crippen LogP contribution < -0.4 is 4.90 Å². The van der Waals surface area contributed by atoms with Gasteiger partial charge in [0.2, 0.25) is 0 Å². The van der Waals surface area contributed by atoms with E-state index in [1.165, 1.54) is 22.5 Å². The molecule has 1 aromatic rings. The van der Waals surface area contributed by atoms with Crippen molar-refractivity contribution in [3.63, 3.8) is 0 Å². The van der Waals surface area contributed by atoms with E-state index in [1.807, 2.05) is 0 Å². The van der Waals surface area contributed by atoms with Gasteiger partial charge in [-0.25, -0.2) is 0 Å². The maximum absolute atomic E-state index is 2.30. The van der Waals surface area contributed by atoms with Gasteiger partial charge in [-0.2, -0.15) is 0 Å². The van der Waals surface area contributed by atoms with Gasteiger partial charge >= 0.3 is 0 Å². The number of nitrogens with zero attached hydrogens (tertiary/aromatic N) is 1. The fourth-order valence-corrected chi connectivity index (χ4v) is 2.32. The zero-order valence-corrected chi connectivity index (χ0v) is 10.8. The van der Waals surface area contributed by atoms with E-state index in [4.69, 9.17) is 0 Å². The van der Waals surface area contributed by atoms with E-state index < -0.39 is 0 Å². The average molecular weight is 225 g/mol. The Labute approximate surface area is 104 Å². The lowest BCUT2D eigenvalue weighted by molar-refractivity contribution is 0.967. The third-order valence-electron chi connectivity index (χ3n) is 3.16. The van der Waals surface area contributed by atoms with Crippen molar-refractivity contribution in [1.82, 2.24) is 0 Å². The fraction of sp³-hybridized carbons (Fsp3) is 0.250. The molecular formula is C16H19N. The minimum atomic E-state index is 1.04. The van der Waals surface area contributed by atoms with Crippen LogP contribution >= 0.6 is 0 Å². The van der Waals surface area contributed by atoms with Crippen LogP contribution in [0.15, 0.2) is 53.8 Å². The van der Waals surface area contributed by atoms with Gasteiger partial charge in [-0.1, -0.05) is 49.4 Å². The summed E-state index contributed by atoms with van der Waals surface area (Å²) in [5.41, 5.74) is 5.22. The number of benzene rings is 1. The van der Waals surface area contributed by atoms with Gasteiger partial charge in [-0.15, -0.1) is 0 Å². The standard InChI is InChI=1S/C16H19N/c1-4-8-13-11-12-14-9-6-7-10-16(14)17(3)15(13)5-2/h4,6-12H,5H2,1-3H3/b8-4-. The van der Waals surface area contributed by atoms with Gasteiger partial charge in [-0.3, -0.25) is 0 Å². The molecule has 0 aromatic heterocycles. The van der Waals surface area contributed by atoms with Gasteiger partial charge in [0.15, 0.2) is 0 Å². The molecule has 0 saturated carbocycles. The Bertz CT molecular complexity index is 492. The van der Waals surface area contributed by atoms with Crippen molar-refractivity contribution in [1.29, 1.82) is 0 Å². The van der Waals surface area contributed by atoms with Gasteiger partial charge in [0.05, 0.1) is 0 Å². The number of allylic oxidation sites excluding steroid dienone is 5. The Balaban J connectivity index is 2.57. The van der Waals surface area contributed by atoms with Crippen molar-refractivity contribution in [2.45, 2.75) is 20.3 Å². The van der Waals surface area contributed by atoms with Gasteiger partial charge < -0.3 is 4.90 Å². The molecule has 2 rings (SSSR count). The minimum absolute atomic E-state index is 1.04. The van der Waals surface area contributed by atoms with Gasteiger partial charge in [0, 0.05) is 18.4 Å². The number of hydrogen-bond acceptors (Lipinski definition) is 1. The van der Waals surface area contributed by atoms with E-state index in [1.54, 1.807) is 0 Å². The predicted octanol–water partition coefficient (Wildman–Crippen LogP) is 4.39. The van der Waals surface area contributed by atoms with E-state index in [0.29, 0.717) is 0 Å². The van der Waals surface area contributed by atoms with Crippen LogP contribution in [0.5, 0.6) is 0 Å². The molecule has 17 heavy (non-hydrogen) atoms. The number of para-hydroxylation sites is 1. The van der Waals surface area contributed by atoms with Crippen LogP contribution in [0, 0.1) is 0 Å². The monoisotopic (exact) mass is 225 g/mol. The van der Waals surface area contributed by atoms with Crippen LogP contribution in [0.3, 0.4) is 0 Å². The molecule has 1 heteroatoms. The molecule has 0 N–H and O–H groups in total. The van der Waals surface area contributed by atoms with Gasteiger partial charge in [0.1, 0.15) is 0 Å². The largest absolute Gasteiger partial charge is 0.347 e. The Morgan fingerprint density at radius 1 is 1.18 bits per heavy atom. The smallest absolute Gasteiger partial charge is 0.0479 e. The van der Waals surface area contributed by atoms with E-state index in [2.05, 4.69) is 74.4 Å². The first kappa shape index (κ1) is 11.7. The molecule has 0 spiro atoms. The average Bonchev–Trinajstić information content (AvgIpc) is 2.48. The highest BCUT2D eigenvalue weighted by Gasteiger charge is 2.13. The van der Waals surface area contributed by atoms with E-state index >= 15 is 0 Å². The molecule has 0 fully saturated rings. The first-order chi connectivity index (χ1) is 8.27. The van der Waals surface area contributed by atoms with Crippen molar-refractivity contribution in [2.75, 3.05) is 11.9 Å². The quantitative estimate of drug-likeness (QED) is 0.721. The normalized spacial score (nSPS) is 15.4. The molecule has 1 heterocycles.